The number of hydrogen-bond acceptors (Lipinski definition) is 4. The van der Waals surface area contributed by atoms with Crippen LogP contribution in [-0.4, -0.2) is 34.6 Å². The first kappa shape index (κ1) is 13.5. The van der Waals surface area contributed by atoms with Gasteiger partial charge in [-0.05, 0) is 12.5 Å². The maximum absolute atomic E-state index is 11.9. The highest BCUT2D eigenvalue weighted by molar-refractivity contribution is 6.24. The Morgan fingerprint density at radius 3 is 2.24 bits per heavy atom. The molecule has 21 heavy (non-hydrogen) atoms. The normalized spacial score (nSPS) is 28.5. The quantitative estimate of drug-likeness (QED) is 0.737. The molecule has 2 unspecified atom stereocenters. The third-order valence-electron chi connectivity index (χ3n) is 4.55. The number of carbonyl (C=O) groups excluding carboxylic acids is 2. The fourth-order valence-corrected chi connectivity index (χ4v) is 2.95. The Morgan fingerprint density at radius 1 is 1.10 bits per heavy atom. The Bertz CT molecular complexity index is 647. The highest BCUT2D eigenvalue weighted by Gasteiger charge is 2.48. The zero-order valence-electron chi connectivity index (χ0n) is 12.3. The van der Waals surface area contributed by atoms with Crippen LogP contribution < -0.4 is 0 Å². The number of amides is 2. The molecule has 2 aliphatic heterocycles. The Morgan fingerprint density at radius 2 is 1.67 bits per heavy atom. The molecule has 2 amide bonds. The monoisotopic (exact) mass is 283 g/mol. The smallest absolute Gasteiger partial charge is 0.259 e. The van der Waals surface area contributed by atoms with E-state index in [1.165, 1.54) is 12.2 Å². The Labute approximate surface area is 123 Å². The second-order valence-electron chi connectivity index (χ2n) is 5.56. The van der Waals surface area contributed by atoms with Crippen LogP contribution in [0.15, 0.2) is 47.6 Å². The molecule has 1 aromatic carbocycles. The maximum Gasteiger partial charge on any atom is 0.259 e. The van der Waals surface area contributed by atoms with E-state index < -0.39 is 0 Å². The molecule has 0 aromatic heterocycles. The van der Waals surface area contributed by atoms with Gasteiger partial charge in [0, 0.05) is 25.1 Å². The highest BCUT2D eigenvalue weighted by Crippen LogP contribution is 2.41. The van der Waals surface area contributed by atoms with Gasteiger partial charge in [-0.2, -0.15) is 5.10 Å². The molecule has 2 atom stereocenters. The molecule has 0 bridgehead atoms. The second kappa shape index (κ2) is 4.55. The van der Waals surface area contributed by atoms with Gasteiger partial charge in [-0.3, -0.25) is 14.6 Å². The molecule has 2 aliphatic rings. The number of amidine groups is 1. The van der Waals surface area contributed by atoms with Gasteiger partial charge in [-0.15, -0.1) is 0 Å². The van der Waals surface area contributed by atoms with E-state index in [1.54, 1.807) is 0 Å². The van der Waals surface area contributed by atoms with Crippen molar-refractivity contribution in [2.45, 2.75) is 19.4 Å². The molecule has 2 heterocycles. The lowest BCUT2D eigenvalue weighted by Crippen LogP contribution is -2.45. The van der Waals surface area contributed by atoms with Crippen LogP contribution in [0.5, 0.6) is 0 Å². The summed E-state index contributed by atoms with van der Waals surface area (Å²) in [5.41, 5.74) is 0.713. The second-order valence-corrected chi connectivity index (χ2v) is 5.56. The number of nitrogens with zero attached hydrogens (tertiary/aromatic N) is 3. The Balaban J connectivity index is 2.00. The topological polar surface area (TPSA) is 53.0 Å². The number of hydrogen-bond donors (Lipinski definition) is 0. The number of hydrazone groups is 1. The SMILES string of the molecule is CC1C(N2C(=O)C=CC2=O)=NN(C)C1(C)c1ccccc1. The number of carbonyl (C=O) groups is 2. The Kier molecular flexibility index (Phi) is 2.93. The zero-order valence-corrected chi connectivity index (χ0v) is 12.3. The van der Waals surface area contributed by atoms with Gasteiger partial charge in [0.1, 0.15) is 5.84 Å². The predicted octanol–water partition coefficient (Wildman–Crippen LogP) is 1.72. The van der Waals surface area contributed by atoms with Crippen molar-refractivity contribution in [2.24, 2.45) is 11.0 Å². The summed E-state index contributed by atoms with van der Waals surface area (Å²) in [6.07, 6.45) is 2.57. The summed E-state index contributed by atoms with van der Waals surface area (Å²) >= 11 is 0. The minimum absolute atomic E-state index is 0.0855. The van der Waals surface area contributed by atoms with Crippen molar-refractivity contribution >= 4 is 17.6 Å². The third kappa shape index (κ3) is 1.81. The molecule has 5 heteroatoms. The zero-order chi connectivity index (χ0) is 15.2. The summed E-state index contributed by atoms with van der Waals surface area (Å²) in [6, 6.07) is 10.0. The minimum atomic E-state index is -0.389. The molecular weight excluding hydrogens is 266 g/mol. The number of rotatable bonds is 1. The molecule has 1 aromatic rings. The van der Waals surface area contributed by atoms with E-state index in [9.17, 15) is 9.59 Å². The van der Waals surface area contributed by atoms with E-state index in [0.29, 0.717) is 5.84 Å². The lowest BCUT2D eigenvalue weighted by atomic mass is 9.80. The van der Waals surface area contributed by atoms with Gasteiger partial charge in [-0.25, -0.2) is 4.90 Å². The van der Waals surface area contributed by atoms with Crippen LogP contribution in [0, 0.1) is 5.92 Å². The van der Waals surface area contributed by atoms with Crippen molar-refractivity contribution in [3.8, 4) is 0 Å². The molecule has 0 saturated heterocycles. The summed E-state index contributed by atoms with van der Waals surface area (Å²) in [5, 5.41) is 6.31. The summed E-state index contributed by atoms with van der Waals surface area (Å²) in [6.45, 7) is 4.07. The van der Waals surface area contributed by atoms with Crippen molar-refractivity contribution < 1.29 is 9.59 Å². The van der Waals surface area contributed by atoms with Crippen LogP contribution in [0.3, 0.4) is 0 Å². The van der Waals surface area contributed by atoms with Crippen LogP contribution in [0.1, 0.15) is 19.4 Å². The van der Waals surface area contributed by atoms with Crippen molar-refractivity contribution in [1.29, 1.82) is 0 Å². The maximum atomic E-state index is 11.9. The lowest BCUT2D eigenvalue weighted by molar-refractivity contribution is -0.132. The highest BCUT2D eigenvalue weighted by atomic mass is 16.2. The van der Waals surface area contributed by atoms with E-state index in [0.717, 1.165) is 10.5 Å². The fraction of sp³-hybridized carbons (Fsp3) is 0.312. The van der Waals surface area contributed by atoms with Gasteiger partial charge in [-0.1, -0.05) is 37.3 Å². The first-order chi connectivity index (χ1) is 9.96. The van der Waals surface area contributed by atoms with Crippen molar-refractivity contribution in [1.82, 2.24) is 9.91 Å². The first-order valence-electron chi connectivity index (χ1n) is 6.90. The molecule has 3 rings (SSSR count). The van der Waals surface area contributed by atoms with Crippen molar-refractivity contribution in [3.05, 3.63) is 48.0 Å². The van der Waals surface area contributed by atoms with E-state index in [4.69, 9.17) is 0 Å². The van der Waals surface area contributed by atoms with Gasteiger partial charge in [0.25, 0.3) is 11.8 Å². The molecular formula is C16H17N3O2. The van der Waals surface area contributed by atoms with Crippen molar-refractivity contribution in [3.63, 3.8) is 0 Å². The van der Waals surface area contributed by atoms with Crippen LogP contribution in [0.25, 0.3) is 0 Å². The first-order valence-corrected chi connectivity index (χ1v) is 6.90. The molecule has 0 N–H and O–H groups in total. The van der Waals surface area contributed by atoms with E-state index in [-0.39, 0.29) is 23.3 Å². The molecule has 0 saturated carbocycles. The summed E-state index contributed by atoms with van der Waals surface area (Å²) < 4.78 is 0. The van der Waals surface area contributed by atoms with E-state index in [1.807, 2.05) is 49.3 Å². The van der Waals surface area contributed by atoms with Gasteiger partial charge < -0.3 is 0 Å². The Hall–Kier alpha value is -2.43. The van der Waals surface area contributed by atoms with Crippen molar-refractivity contribution in [2.75, 3.05) is 7.05 Å². The summed E-state index contributed by atoms with van der Waals surface area (Å²) in [4.78, 5) is 24.9. The fourth-order valence-electron chi connectivity index (χ4n) is 2.95. The predicted molar refractivity (Wildman–Crippen MR) is 79.1 cm³/mol. The lowest BCUT2D eigenvalue weighted by Gasteiger charge is -2.36. The summed E-state index contributed by atoms with van der Waals surface area (Å²) in [5.74, 6) is -0.228. The van der Waals surface area contributed by atoms with Gasteiger partial charge in [0.05, 0.1) is 5.54 Å². The van der Waals surface area contributed by atoms with Crippen LogP contribution in [0.4, 0.5) is 0 Å². The van der Waals surface area contributed by atoms with Gasteiger partial charge in [0.2, 0.25) is 0 Å². The summed E-state index contributed by atoms with van der Waals surface area (Å²) in [7, 11) is 1.87. The third-order valence-corrected chi connectivity index (χ3v) is 4.55. The van der Waals surface area contributed by atoms with Gasteiger partial charge in [0.15, 0.2) is 0 Å². The number of imide groups is 1. The molecule has 0 radical (unpaired) electrons. The minimum Gasteiger partial charge on any atom is -0.287 e. The average molecular weight is 283 g/mol. The van der Waals surface area contributed by atoms with Crippen LogP contribution >= 0.6 is 0 Å². The van der Waals surface area contributed by atoms with Crippen LogP contribution in [0.2, 0.25) is 0 Å². The van der Waals surface area contributed by atoms with E-state index >= 15 is 0 Å². The standard InChI is InChI=1S/C16H17N3O2/c1-11-15(19-13(20)9-10-14(19)21)17-18(3)16(11,2)12-7-5-4-6-8-12/h4-11H,1-3H3. The molecule has 108 valence electrons. The van der Waals surface area contributed by atoms with E-state index in [2.05, 4.69) is 12.0 Å². The molecule has 0 aliphatic carbocycles. The molecule has 0 fully saturated rings. The van der Waals surface area contributed by atoms with Crippen LogP contribution in [-0.2, 0) is 15.1 Å². The number of benzene rings is 1. The van der Waals surface area contributed by atoms with Gasteiger partial charge >= 0.3 is 0 Å². The molecule has 0 spiro atoms. The largest absolute Gasteiger partial charge is 0.287 e. The average Bonchev–Trinajstić information content (AvgIpc) is 2.93. The molecule has 5 nitrogen and oxygen atoms in total.